The summed E-state index contributed by atoms with van der Waals surface area (Å²) in [4.78, 5) is -0.470. The van der Waals surface area contributed by atoms with Gasteiger partial charge in [-0.15, -0.1) is 11.6 Å². The Labute approximate surface area is 99.1 Å². The normalized spacial score (nSPS) is 18.4. The van der Waals surface area contributed by atoms with Crippen LogP contribution in [0.5, 0.6) is 5.75 Å². The molecule has 82 valence electrons. The van der Waals surface area contributed by atoms with Crippen LogP contribution >= 0.6 is 23.2 Å². The number of alkyl halides is 1. The molecular formula is C11H12Cl2O2. The minimum atomic E-state index is -0.470. The highest BCUT2D eigenvalue weighted by molar-refractivity contribution is 6.32. The minimum absolute atomic E-state index is 0.470. The molecule has 1 aliphatic heterocycles. The zero-order chi connectivity index (χ0) is 11.1. The molecule has 0 amide bonds. The van der Waals surface area contributed by atoms with E-state index < -0.39 is 4.87 Å². The van der Waals surface area contributed by atoms with Gasteiger partial charge in [-0.3, -0.25) is 0 Å². The number of halogens is 2. The first-order chi connectivity index (χ1) is 7.07. The maximum atomic E-state index is 6.38. The van der Waals surface area contributed by atoms with Crippen LogP contribution in [0.3, 0.4) is 0 Å². The predicted molar refractivity (Wildman–Crippen MR) is 61.1 cm³/mol. The van der Waals surface area contributed by atoms with Crippen LogP contribution in [0.1, 0.15) is 11.1 Å². The molecule has 2 nitrogen and oxygen atoms in total. The standard InChI is InChI=1S/C11H12Cl2O2/c1-7-3-10(14-2)8(4-9(7)12)11(13)5-15-6-11/h3-4H,5-6H2,1-2H3. The van der Waals surface area contributed by atoms with Gasteiger partial charge in [0.1, 0.15) is 10.6 Å². The second kappa shape index (κ2) is 3.85. The molecule has 0 aromatic heterocycles. The van der Waals surface area contributed by atoms with Gasteiger partial charge in [0.25, 0.3) is 0 Å². The van der Waals surface area contributed by atoms with E-state index in [1.165, 1.54) is 0 Å². The van der Waals surface area contributed by atoms with Gasteiger partial charge >= 0.3 is 0 Å². The number of benzene rings is 1. The van der Waals surface area contributed by atoms with Crippen molar-refractivity contribution < 1.29 is 9.47 Å². The lowest BCUT2D eigenvalue weighted by Gasteiger charge is -2.36. The molecule has 0 N–H and O–H groups in total. The molecule has 15 heavy (non-hydrogen) atoms. The predicted octanol–water partition coefficient (Wildman–Crippen LogP) is 3.12. The Morgan fingerprint density at radius 1 is 1.40 bits per heavy atom. The SMILES string of the molecule is COc1cc(C)c(Cl)cc1C1(Cl)COC1. The Morgan fingerprint density at radius 3 is 2.53 bits per heavy atom. The summed E-state index contributed by atoms with van der Waals surface area (Å²) in [6.07, 6.45) is 0. The lowest BCUT2D eigenvalue weighted by atomic mass is 9.94. The molecule has 0 spiro atoms. The monoisotopic (exact) mass is 246 g/mol. The average molecular weight is 247 g/mol. The summed E-state index contributed by atoms with van der Waals surface area (Å²) in [5, 5.41) is 0.706. The molecule has 0 bridgehead atoms. The quantitative estimate of drug-likeness (QED) is 0.747. The van der Waals surface area contributed by atoms with Gasteiger partial charge in [-0.05, 0) is 24.6 Å². The Balaban J connectivity index is 2.49. The van der Waals surface area contributed by atoms with Crippen LogP contribution in [-0.2, 0) is 9.61 Å². The summed E-state index contributed by atoms with van der Waals surface area (Å²) < 4.78 is 10.4. The number of ether oxygens (including phenoxy) is 2. The topological polar surface area (TPSA) is 18.5 Å². The van der Waals surface area contributed by atoms with Gasteiger partial charge in [0, 0.05) is 10.6 Å². The van der Waals surface area contributed by atoms with Crippen molar-refractivity contribution in [2.45, 2.75) is 11.8 Å². The molecule has 1 saturated heterocycles. The summed E-state index contributed by atoms with van der Waals surface area (Å²) in [5.41, 5.74) is 1.89. The molecule has 1 aromatic carbocycles. The molecule has 0 saturated carbocycles. The van der Waals surface area contributed by atoms with Gasteiger partial charge in [0.05, 0.1) is 20.3 Å². The lowest BCUT2D eigenvalue weighted by molar-refractivity contribution is -0.0161. The van der Waals surface area contributed by atoms with Crippen LogP contribution in [0.25, 0.3) is 0 Å². The van der Waals surface area contributed by atoms with Crippen molar-refractivity contribution in [1.29, 1.82) is 0 Å². The third-order valence-electron chi connectivity index (χ3n) is 2.63. The second-order valence-corrected chi connectivity index (χ2v) is 4.89. The summed E-state index contributed by atoms with van der Waals surface area (Å²) in [5.74, 6) is 0.773. The van der Waals surface area contributed by atoms with Crippen molar-refractivity contribution in [2.75, 3.05) is 20.3 Å². The summed E-state index contributed by atoms with van der Waals surface area (Å²) in [6.45, 7) is 2.95. The first kappa shape index (κ1) is 11.1. The van der Waals surface area contributed by atoms with Crippen molar-refractivity contribution in [2.24, 2.45) is 0 Å². The lowest BCUT2D eigenvalue weighted by Crippen LogP contribution is -2.41. The molecule has 2 rings (SSSR count). The Kier molecular flexibility index (Phi) is 2.84. The fourth-order valence-electron chi connectivity index (χ4n) is 1.61. The zero-order valence-electron chi connectivity index (χ0n) is 8.64. The fraction of sp³-hybridized carbons (Fsp3) is 0.455. The Morgan fingerprint density at radius 2 is 2.07 bits per heavy atom. The van der Waals surface area contributed by atoms with Crippen LogP contribution in [0.2, 0.25) is 5.02 Å². The number of aryl methyl sites for hydroxylation is 1. The van der Waals surface area contributed by atoms with Gasteiger partial charge in [-0.2, -0.15) is 0 Å². The van der Waals surface area contributed by atoms with Crippen molar-refractivity contribution in [1.82, 2.24) is 0 Å². The van der Waals surface area contributed by atoms with Gasteiger partial charge in [-0.1, -0.05) is 11.6 Å². The molecule has 4 heteroatoms. The van der Waals surface area contributed by atoms with Crippen molar-refractivity contribution in [3.8, 4) is 5.75 Å². The molecule has 1 fully saturated rings. The summed E-state index contributed by atoms with van der Waals surface area (Å²) in [7, 11) is 1.63. The van der Waals surface area contributed by atoms with Crippen molar-refractivity contribution in [3.63, 3.8) is 0 Å². The van der Waals surface area contributed by atoms with E-state index in [-0.39, 0.29) is 0 Å². The molecule has 0 radical (unpaired) electrons. The Bertz CT molecular complexity index is 386. The van der Waals surface area contributed by atoms with E-state index in [9.17, 15) is 0 Å². The van der Waals surface area contributed by atoms with Crippen molar-refractivity contribution >= 4 is 23.2 Å². The number of rotatable bonds is 2. The second-order valence-electron chi connectivity index (χ2n) is 3.76. The summed E-state index contributed by atoms with van der Waals surface area (Å²) >= 11 is 12.5. The van der Waals surface area contributed by atoms with Crippen molar-refractivity contribution in [3.05, 3.63) is 28.3 Å². The third-order valence-corrected chi connectivity index (χ3v) is 3.45. The van der Waals surface area contributed by atoms with E-state index >= 15 is 0 Å². The zero-order valence-corrected chi connectivity index (χ0v) is 10.2. The first-order valence-electron chi connectivity index (χ1n) is 4.68. The van der Waals surface area contributed by atoms with Crippen LogP contribution in [0.15, 0.2) is 12.1 Å². The number of hydrogen-bond donors (Lipinski definition) is 0. The van der Waals surface area contributed by atoms with E-state index in [0.29, 0.717) is 18.2 Å². The molecule has 0 atom stereocenters. The van der Waals surface area contributed by atoms with Crippen LogP contribution in [0.4, 0.5) is 0 Å². The van der Waals surface area contributed by atoms with Gasteiger partial charge in [0.15, 0.2) is 0 Å². The van der Waals surface area contributed by atoms with Crippen LogP contribution in [0, 0.1) is 6.92 Å². The smallest absolute Gasteiger partial charge is 0.124 e. The third kappa shape index (κ3) is 1.82. The van der Waals surface area contributed by atoms with E-state index in [2.05, 4.69) is 0 Å². The van der Waals surface area contributed by atoms with Gasteiger partial charge in [0.2, 0.25) is 0 Å². The molecule has 1 aliphatic rings. The van der Waals surface area contributed by atoms with Crippen LogP contribution < -0.4 is 4.74 Å². The Hall–Kier alpha value is -0.440. The maximum absolute atomic E-state index is 6.38. The molecule has 1 aromatic rings. The molecule has 0 unspecified atom stereocenters. The highest BCUT2D eigenvalue weighted by atomic mass is 35.5. The van der Waals surface area contributed by atoms with Gasteiger partial charge in [-0.25, -0.2) is 0 Å². The highest BCUT2D eigenvalue weighted by Gasteiger charge is 2.40. The van der Waals surface area contributed by atoms with E-state index in [0.717, 1.165) is 16.9 Å². The van der Waals surface area contributed by atoms with E-state index in [1.807, 2.05) is 19.1 Å². The largest absolute Gasteiger partial charge is 0.496 e. The maximum Gasteiger partial charge on any atom is 0.124 e. The van der Waals surface area contributed by atoms with Gasteiger partial charge < -0.3 is 9.47 Å². The van der Waals surface area contributed by atoms with E-state index in [4.69, 9.17) is 32.7 Å². The summed E-state index contributed by atoms with van der Waals surface area (Å²) in [6, 6.07) is 3.77. The van der Waals surface area contributed by atoms with E-state index in [1.54, 1.807) is 7.11 Å². The van der Waals surface area contributed by atoms with Crippen LogP contribution in [-0.4, -0.2) is 20.3 Å². The fourth-order valence-corrected chi connectivity index (χ4v) is 2.08. The molecule has 1 heterocycles. The number of hydrogen-bond acceptors (Lipinski definition) is 2. The molecular weight excluding hydrogens is 235 g/mol. The molecule has 0 aliphatic carbocycles. The highest BCUT2D eigenvalue weighted by Crippen LogP contribution is 2.43. The number of methoxy groups -OCH3 is 1. The first-order valence-corrected chi connectivity index (χ1v) is 5.44. The minimum Gasteiger partial charge on any atom is -0.496 e. The average Bonchev–Trinajstić information content (AvgIpc) is 2.18.